The number of imidazole rings is 1. The lowest BCUT2D eigenvalue weighted by atomic mass is 9.93. The molecule has 6 heteroatoms. The third-order valence-electron chi connectivity index (χ3n) is 5.84. The van der Waals surface area contributed by atoms with Crippen LogP contribution in [0.5, 0.6) is 0 Å². The molecule has 1 heterocycles. The highest BCUT2D eigenvalue weighted by Crippen LogP contribution is 2.43. The molecule has 5 rings (SSSR count). The normalized spacial score (nSPS) is 22.2. The van der Waals surface area contributed by atoms with Crippen molar-refractivity contribution in [3.8, 4) is 11.4 Å². The molecule has 2 amide bonds. The average Bonchev–Trinajstić information content (AvgIpc) is 3.43. The molecule has 1 saturated carbocycles. The maximum atomic E-state index is 12.6. The van der Waals surface area contributed by atoms with Crippen molar-refractivity contribution < 1.29 is 9.59 Å². The Morgan fingerprint density at radius 1 is 1.00 bits per heavy atom. The third-order valence-corrected chi connectivity index (χ3v) is 5.84. The van der Waals surface area contributed by atoms with E-state index in [0.717, 1.165) is 46.6 Å². The van der Waals surface area contributed by atoms with Gasteiger partial charge >= 0.3 is 0 Å². The van der Waals surface area contributed by atoms with Crippen LogP contribution < -0.4 is 10.6 Å². The van der Waals surface area contributed by atoms with Crippen LogP contribution in [-0.2, 0) is 9.59 Å². The molecule has 1 aromatic heterocycles. The van der Waals surface area contributed by atoms with Crippen molar-refractivity contribution in [1.82, 2.24) is 9.97 Å². The van der Waals surface area contributed by atoms with Gasteiger partial charge in [0.25, 0.3) is 0 Å². The number of aromatic amines is 1. The van der Waals surface area contributed by atoms with Crippen LogP contribution in [0.4, 0.5) is 11.4 Å². The number of allylic oxidation sites excluding steroid dienone is 2. The largest absolute Gasteiger partial charge is 0.338 e. The van der Waals surface area contributed by atoms with Crippen LogP contribution in [0.25, 0.3) is 22.4 Å². The summed E-state index contributed by atoms with van der Waals surface area (Å²) in [6.07, 6.45) is 6.52. The number of fused-ring (bicyclic) bond motifs is 3. The van der Waals surface area contributed by atoms with Crippen molar-refractivity contribution in [2.24, 2.45) is 17.8 Å². The van der Waals surface area contributed by atoms with E-state index >= 15 is 0 Å². The Labute approximate surface area is 168 Å². The minimum absolute atomic E-state index is 0.0952. The van der Waals surface area contributed by atoms with E-state index < -0.39 is 0 Å². The van der Waals surface area contributed by atoms with E-state index in [0.29, 0.717) is 11.8 Å². The first-order valence-electron chi connectivity index (χ1n) is 9.92. The average molecular weight is 386 g/mol. The standard InChI is InChI=1S/C23H22N4O2/c1-13(28)24-18-8-9-20-21(12-18)27-22(26-20)15-4-6-17(7-5-15)25-23(29)19-11-14-2-3-16(19)10-14/h2-9,12,14,16,19H,10-11H2,1H3,(H,24,28)(H,25,29)(H,26,27). The zero-order valence-electron chi connectivity index (χ0n) is 16.1. The Kier molecular flexibility index (Phi) is 4.19. The summed E-state index contributed by atoms with van der Waals surface area (Å²) in [4.78, 5) is 31.7. The Bertz CT molecular complexity index is 1130. The SMILES string of the molecule is CC(=O)Nc1ccc2nc(-c3ccc(NC(=O)C4CC5C=CC4C5)cc3)[nH]c2c1. The van der Waals surface area contributed by atoms with E-state index in [-0.39, 0.29) is 17.7 Å². The van der Waals surface area contributed by atoms with E-state index in [1.165, 1.54) is 6.92 Å². The highest BCUT2D eigenvalue weighted by Gasteiger charge is 2.39. The fraction of sp³-hybridized carbons (Fsp3) is 0.261. The molecule has 0 saturated heterocycles. The lowest BCUT2D eigenvalue weighted by Crippen LogP contribution is -2.25. The number of rotatable bonds is 4. The molecule has 3 atom stereocenters. The summed E-state index contributed by atoms with van der Waals surface area (Å²) < 4.78 is 0. The van der Waals surface area contributed by atoms with Gasteiger partial charge in [0, 0.05) is 29.8 Å². The van der Waals surface area contributed by atoms with Gasteiger partial charge in [-0.15, -0.1) is 0 Å². The van der Waals surface area contributed by atoms with Gasteiger partial charge in [-0.25, -0.2) is 4.98 Å². The molecule has 2 aliphatic rings. The fourth-order valence-corrected chi connectivity index (χ4v) is 4.46. The molecule has 2 aromatic carbocycles. The van der Waals surface area contributed by atoms with Crippen molar-refractivity contribution in [1.29, 1.82) is 0 Å². The quantitative estimate of drug-likeness (QED) is 0.583. The van der Waals surface area contributed by atoms with E-state index in [9.17, 15) is 9.59 Å². The van der Waals surface area contributed by atoms with Gasteiger partial charge in [0.1, 0.15) is 5.82 Å². The molecule has 29 heavy (non-hydrogen) atoms. The summed E-state index contributed by atoms with van der Waals surface area (Å²) in [5.74, 6) is 1.83. The van der Waals surface area contributed by atoms with Crippen LogP contribution in [0.15, 0.2) is 54.6 Å². The first kappa shape index (κ1) is 17.7. The predicted octanol–water partition coefficient (Wildman–Crippen LogP) is 4.34. The Balaban J connectivity index is 1.31. The summed E-state index contributed by atoms with van der Waals surface area (Å²) in [6.45, 7) is 1.48. The van der Waals surface area contributed by atoms with Crippen molar-refractivity contribution in [3.63, 3.8) is 0 Å². The van der Waals surface area contributed by atoms with E-state index in [4.69, 9.17) is 0 Å². The molecule has 1 fully saturated rings. The number of nitrogens with zero attached hydrogens (tertiary/aromatic N) is 1. The maximum Gasteiger partial charge on any atom is 0.228 e. The van der Waals surface area contributed by atoms with Crippen LogP contribution in [0.1, 0.15) is 19.8 Å². The monoisotopic (exact) mass is 386 g/mol. The van der Waals surface area contributed by atoms with Gasteiger partial charge in [0.05, 0.1) is 11.0 Å². The number of aromatic nitrogens is 2. The lowest BCUT2D eigenvalue weighted by molar-refractivity contribution is -0.120. The van der Waals surface area contributed by atoms with Gasteiger partial charge in [-0.2, -0.15) is 0 Å². The topological polar surface area (TPSA) is 86.9 Å². The summed E-state index contributed by atoms with van der Waals surface area (Å²) in [7, 11) is 0. The summed E-state index contributed by atoms with van der Waals surface area (Å²) in [5, 5.41) is 5.83. The molecule has 6 nitrogen and oxygen atoms in total. The van der Waals surface area contributed by atoms with Gasteiger partial charge in [-0.05, 0) is 67.1 Å². The molecule has 0 spiro atoms. The molecular formula is C23H22N4O2. The molecule has 146 valence electrons. The highest BCUT2D eigenvalue weighted by atomic mass is 16.2. The van der Waals surface area contributed by atoms with Crippen molar-refractivity contribution in [2.75, 3.05) is 10.6 Å². The Morgan fingerprint density at radius 3 is 2.48 bits per heavy atom. The highest BCUT2D eigenvalue weighted by molar-refractivity contribution is 5.94. The fourth-order valence-electron chi connectivity index (χ4n) is 4.46. The molecule has 3 aromatic rings. The molecule has 3 unspecified atom stereocenters. The first-order valence-corrected chi connectivity index (χ1v) is 9.92. The number of anilines is 2. The second-order valence-electron chi connectivity index (χ2n) is 7.95. The van der Waals surface area contributed by atoms with Gasteiger partial charge < -0.3 is 15.6 Å². The molecular weight excluding hydrogens is 364 g/mol. The number of hydrogen-bond donors (Lipinski definition) is 3. The molecule has 2 bridgehead atoms. The summed E-state index contributed by atoms with van der Waals surface area (Å²) >= 11 is 0. The van der Waals surface area contributed by atoms with Crippen molar-refractivity contribution >= 4 is 34.2 Å². The van der Waals surface area contributed by atoms with Crippen LogP contribution in [0, 0.1) is 17.8 Å². The summed E-state index contributed by atoms with van der Waals surface area (Å²) in [5.41, 5.74) is 4.15. The second-order valence-corrected chi connectivity index (χ2v) is 7.95. The Morgan fingerprint density at radius 2 is 1.79 bits per heavy atom. The van der Waals surface area contributed by atoms with Crippen molar-refractivity contribution in [3.05, 3.63) is 54.6 Å². The van der Waals surface area contributed by atoms with E-state index in [2.05, 4.69) is 32.8 Å². The van der Waals surface area contributed by atoms with E-state index in [1.54, 1.807) is 0 Å². The van der Waals surface area contributed by atoms with Gasteiger partial charge in [-0.1, -0.05) is 12.2 Å². The predicted molar refractivity (Wildman–Crippen MR) is 113 cm³/mol. The first-order chi connectivity index (χ1) is 14.0. The van der Waals surface area contributed by atoms with E-state index in [1.807, 2.05) is 42.5 Å². The van der Waals surface area contributed by atoms with Crippen LogP contribution in [-0.4, -0.2) is 21.8 Å². The Hall–Kier alpha value is -3.41. The lowest BCUT2D eigenvalue weighted by Gasteiger charge is -2.17. The number of nitrogens with one attached hydrogen (secondary N) is 3. The minimum Gasteiger partial charge on any atom is -0.338 e. The maximum absolute atomic E-state index is 12.6. The van der Waals surface area contributed by atoms with Gasteiger partial charge in [-0.3, -0.25) is 9.59 Å². The van der Waals surface area contributed by atoms with Gasteiger partial charge in [0.2, 0.25) is 11.8 Å². The number of benzene rings is 2. The van der Waals surface area contributed by atoms with Gasteiger partial charge in [0.15, 0.2) is 0 Å². The van der Waals surface area contributed by atoms with Crippen LogP contribution >= 0.6 is 0 Å². The number of carbonyl (C=O) groups excluding carboxylic acids is 2. The smallest absolute Gasteiger partial charge is 0.228 e. The van der Waals surface area contributed by atoms with Crippen LogP contribution in [0.3, 0.4) is 0 Å². The van der Waals surface area contributed by atoms with Crippen LogP contribution in [0.2, 0.25) is 0 Å². The van der Waals surface area contributed by atoms with Crippen molar-refractivity contribution in [2.45, 2.75) is 19.8 Å². The summed E-state index contributed by atoms with van der Waals surface area (Å²) in [6, 6.07) is 13.3. The molecule has 2 aliphatic carbocycles. The number of amides is 2. The molecule has 0 aliphatic heterocycles. The molecule has 0 radical (unpaired) electrons. The minimum atomic E-state index is -0.108. The number of H-pyrrole nitrogens is 1. The second kappa shape index (κ2) is 6.88. The third kappa shape index (κ3) is 3.42. The number of hydrogen-bond acceptors (Lipinski definition) is 3. The molecule has 3 N–H and O–H groups in total. The number of carbonyl (C=O) groups is 2. The zero-order chi connectivity index (χ0) is 20.0. The zero-order valence-corrected chi connectivity index (χ0v) is 16.1.